The minimum atomic E-state index is -0.450. The van der Waals surface area contributed by atoms with Crippen molar-refractivity contribution in [1.29, 1.82) is 0 Å². The number of aryl methyl sites for hydroxylation is 2. The van der Waals surface area contributed by atoms with Gasteiger partial charge in [-0.05, 0) is 25.7 Å². The molecule has 1 heterocycles. The summed E-state index contributed by atoms with van der Waals surface area (Å²) in [6, 6.07) is 0. The van der Waals surface area contributed by atoms with Crippen molar-refractivity contribution in [3.05, 3.63) is 15.8 Å². The largest absolute Gasteiger partial charge is 0.391 e. The normalized spacial score (nSPS) is 16.9. The summed E-state index contributed by atoms with van der Waals surface area (Å²) in [4.78, 5) is 10.4. The number of aliphatic hydroxyl groups is 1. The molecule has 0 bridgehead atoms. The van der Waals surface area contributed by atoms with E-state index in [4.69, 9.17) is 0 Å². The summed E-state index contributed by atoms with van der Waals surface area (Å²) in [6.45, 7) is 1.92. The van der Waals surface area contributed by atoms with Crippen molar-refractivity contribution >= 4 is 11.5 Å². The Morgan fingerprint density at radius 3 is 2.88 bits per heavy atom. The van der Waals surface area contributed by atoms with Gasteiger partial charge in [0.05, 0.1) is 11.0 Å². The summed E-state index contributed by atoms with van der Waals surface area (Å²) in [5.41, 5.74) is 0.358. The summed E-state index contributed by atoms with van der Waals surface area (Å²) in [5, 5.41) is 27.5. The van der Waals surface area contributed by atoms with Crippen molar-refractivity contribution in [2.75, 3.05) is 11.9 Å². The lowest BCUT2D eigenvalue weighted by Gasteiger charge is -2.11. The molecule has 1 fully saturated rings. The number of hydrogen-bond acceptors (Lipinski definition) is 5. The van der Waals surface area contributed by atoms with Crippen molar-refractivity contribution in [2.45, 2.75) is 25.9 Å². The maximum atomic E-state index is 10.9. The fourth-order valence-electron chi connectivity index (χ4n) is 1.91. The topological polar surface area (TPSA) is 93.2 Å². The number of aliphatic hydroxyl groups excluding tert-OH is 1. The Kier molecular flexibility index (Phi) is 3.01. The summed E-state index contributed by atoms with van der Waals surface area (Å²) in [5.74, 6) is 0.697. The summed E-state index contributed by atoms with van der Waals surface area (Å²) < 4.78 is 1.44. The molecule has 0 saturated heterocycles. The van der Waals surface area contributed by atoms with Gasteiger partial charge < -0.3 is 10.4 Å². The zero-order chi connectivity index (χ0) is 12.6. The molecule has 1 aromatic rings. The lowest BCUT2D eigenvalue weighted by atomic mass is 10.2. The van der Waals surface area contributed by atoms with E-state index in [9.17, 15) is 15.2 Å². The van der Waals surface area contributed by atoms with Crippen LogP contribution in [0.5, 0.6) is 0 Å². The van der Waals surface area contributed by atoms with Crippen LogP contribution in [0.25, 0.3) is 0 Å². The molecule has 0 aromatic carbocycles. The maximum Gasteiger partial charge on any atom is 0.333 e. The van der Waals surface area contributed by atoms with Crippen LogP contribution in [0.2, 0.25) is 0 Å². The molecule has 1 aromatic heterocycles. The Morgan fingerprint density at radius 1 is 1.71 bits per heavy atom. The van der Waals surface area contributed by atoms with Gasteiger partial charge in [-0.2, -0.15) is 5.10 Å². The van der Waals surface area contributed by atoms with E-state index in [1.54, 1.807) is 14.0 Å². The number of nitrogens with one attached hydrogen (secondary N) is 1. The molecule has 0 spiro atoms. The van der Waals surface area contributed by atoms with Crippen molar-refractivity contribution in [3.8, 4) is 0 Å². The molecule has 7 nitrogen and oxygen atoms in total. The molecule has 0 radical (unpaired) electrons. The van der Waals surface area contributed by atoms with Crippen LogP contribution in [0.15, 0.2) is 0 Å². The van der Waals surface area contributed by atoms with Gasteiger partial charge in [0.1, 0.15) is 5.69 Å². The van der Waals surface area contributed by atoms with Crippen molar-refractivity contribution < 1.29 is 10.0 Å². The van der Waals surface area contributed by atoms with Crippen LogP contribution in [0.4, 0.5) is 11.5 Å². The van der Waals surface area contributed by atoms with E-state index in [2.05, 4.69) is 10.4 Å². The van der Waals surface area contributed by atoms with Crippen molar-refractivity contribution in [1.82, 2.24) is 9.78 Å². The van der Waals surface area contributed by atoms with Crippen LogP contribution < -0.4 is 5.32 Å². The summed E-state index contributed by atoms with van der Waals surface area (Å²) in [6.07, 6.45) is 1.63. The molecule has 7 heteroatoms. The molecule has 0 amide bonds. The first-order valence-corrected chi connectivity index (χ1v) is 5.60. The zero-order valence-corrected chi connectivity index (χ0v) is 9.88. The Morgan fingerprint density at radius 2 is 2.35 bits per heavy atom. The average molecular weight is 240 g/mol. The third kappa shape index (κ3) is 2.38. The number of nitro groups is 1. The lowest BCUT2D eigenvalue weighted by molar-refractivity contribution is -0.384. The van der Waals surface area contributed by atoms with E-state index in [0.717, 1.165) is 12.8 Å². The minimum Gasteiger partial charge on any atom is -0.391 e. The third-order valence-electron chi connectivity index (χ3n) is 3.02. The first-order valence-electron chi connectivity index (χ1n) is 5.60. The zero-order valence-electron chi connectivity index (χ0n) is 9.88. The second-order valence-corrected chi connectivity index (χ2v) is 4.45. The monoisotopic (exact) mass is 240 g/mol. The highest BCUT2D eigenvalue weighted by Gasteiger charge is 2.31. The molecule has 1 saturated carbocycles. The molecule has 1 aliphatic rings. The highest BCUT2D eigenvalue weighted by Crippen LogP contribution is 2.33. The van der Waals surface area contributed by atoms with Gasteiger partial charge in [-0.1, -0.05) is 0 Å². The van der Waals surface area contributed by atoms with Crippen LogP contribution >= 0.6 is 0 Å². The van der Waals surface area contributed by atoms with E-state index in [-0.39, 0.29) is 5.69 Å². The van der Waals surface area contributed by atoms with Crippen LogP contribution in [0.1, 0.15) is 18.5 Å². The molecule has 94 valence electrons. The van der Waals surface area contributed by atoms with Crippen LogP contribution in [-0.4, -0.2) is 32.5 Å². The highest BCUT2D eigenvalue weighted by atomic mass is 16.6. The maximum absolute atomic E-state index is 10.9. The fraction of sp³-hybridized carbons (Fsp3) is 0.700. The number of aromatic nitrogens is 2. The molecule has 1 unspecified atom stereocenters. The van der Waals surface area contributed by atoms with Gasteiger partial charge in [0.25, 0.3) is 0 Å². The number of anilines is 1. The van der Waals surface area contributed by atoms with Crippen LogP contribution in [-0.2, 0) is 7.05 Å². The fourth-order valence-corrected chi connectivity index (χ4v) is 1.91. The first kappa shape index (κ1) is 11.8. The van der Waals surface area contributed by atoms with Gasteiger partial charge in [-0.25, -0.2) is 4.68 Å². The molecule has 2 rings (SSSR count). The molecule has 0 aliphatic heterocycles. The molecular formula is C10H16N4O3. The molecule has 1 atom stereocenters. The molecular weight excluding hydrogens is 224 g/mol. The van der Waals surface area contributed by atoms with E-state index >= 15 is 0 Å². The first-order chi connectivity index (χ1) is 8.00. The Hall–Kier alpha value is -1.63. The standard InChI is InChI=1S/C10H16N4O3/c1-6-9(14(16)17)10(13(2)12-6)11-5-8(15)7-3-4-7/h7-8,11,15H,3-5H2,1-2H3. The number of rotatable bonds is 5. The molecule has 1 aliphatic carbocycles. The van der Waals surface area contributed by atoms with Gasteiger partial charge >= 0.3 is 5.69 Å². The second-order valence-electron chi connectivity index (χ2n) is 4.45. The van der Waals surface area contributed by atoms with Crippen molar-refractivity contribution in [2.24, 2.45) is 13.0 Å². The quantitative estimate of drug-likeness (QED) is 0.587. The average Bonchev–Trinajstić information content (AvgIpc) is 3.02. The predicted octanol–water partition coefficient (Wildman–Crippen LogP) is 0.820. The van der Waals surface area contributed by atoms with E-state index in [1.807, 2.05) is 0 Å². The van der Waals surface area contributed by atoms with Gasteiger partial charge in [-0.3, -0.25) is 10.1 Å². The smallest absolute Gasteiger partial charge is 0.333 e. The van der Waals surface area contributed by atoms with E-state index < -0.39 is 11.0 Å². The van der Waals surface area contributed by atoms with E-state index in [1.165, 1.54) is 4.68 Å². The third-order valence-corrected chi connectivity index (χ3v) is 3.02. The lowest BCUT2D eigenvalue weighted by Crippen LogP contribution is -2.22. The van der Waals surface area contributed by atoms with Gasteiger partial charge in [-0.15, -0.1) is 0 Å². The number of hydrogen-bond donors (Lipinski definition) is 2. The van der Waals surface area contributed by atoms with Crippen LogP contribution in [0, 0.1) is 23.0 Å². The SMILES string of the molecule is Cc1nn(C)c(NCC(O)C2CC2)c1[N+](=O)[O-]. The predicted molar refractivity (Wildman–Crippen MR) is 61.8 cm³/mol. The van der Waals surface area contributed by atoms with Crippen LogP contribution in [0.3, 0.4) is 0 Å². The van der Waals surface area contributed by atoms with Gasteiger partial charge in [0, 0.05) is 13.6 Å². The molecule has 2 N–H and O–H groups in total. The van der Waals surface area contributed by atoms with Gasteiger partial charge in [0.15, 0.2) is 0 Å². The highest BCUT2D eigenvalue weighted by molar-refractivity contribution is 5.59. The van der Waals surface area contributed by atoms with Crippen molar-refractivity contribution in [3.63, 3.8) is 0 Å². The summed E-state index contributed by atoms with van der Waals surface area (Å²) in [7, 11) is 1.64. The Labute approximate surface area is 98.6 Å². The van der Waals surface area contributed by atoms with E-state index in [0.29, 0.717) is 24.0 Å². The summed E-state index contributed by atoms with van der Waals surface area (Å²) >= 11 is 0. The number of nitrogens with zero attached hydrogens (tertiary/aromatic N) is 3. The Balaban J connectivity index is 2.10. The Bertz CT molecular complexity index is 439. The minimum absolute atomic E-state index is 0.0181. The van der Waals surface area contributed by atoms with Gasteiger partial charge in [0.2, 0.25) is 5.82 Å². The second kappa shape index (κ2) is 4.33. The molecule has 17 heavy (non-hydrogen) atoms.